The summed E-state index contributed by atoms with van der Waals surface area (Å²) in [4.78, 5) is 27.7. The fourth-order valence-electron chi connectivity index (χ4n) is 3.56. The summed E-state index contributed by atoms with van der Waals surface area (Å²) < 4.78 is 1.67. The normalized spacial score (nSPS) is 16.5. The smallest absolute Gasteiger partial charge is 0.255 e. The van der Waals surface area contributed by atoms with Crippen molar-refractivity contribution in [3.05, 3.63) is 70.9 Å². The third-order valence-corrected chi connectivity index (χ3v) is 5.29. The van der Waals surface area contributed by atoms with E-state index in [4.69, 9.17) is 4.98 Å². The summed E-state index contributed by atoms with van der Waals surface area (Å²) in [5.74, 6) is 0.562. The zero-order chi connectivity index (χ0) is 19.7. The molecule has 1 N–H and O–H groups in total. The van der Waals surface area contributed by atoms with Crippen LogP contribution in [0, 0.1) is 0 Å². The molecule has 0 amide bonds. The van der Waals surface area contributed by atoms with E-state index in [1.807, 2.05) is 35.2 Å². The number of aliphatic hydroxyl groups is 1. The minimum atomic E-state index is -0.688. The molecule has 0 saturated heterocycles. The lowest BCUT2D eigenvalue weighted by molar-refractivity contribution is 0.169. The van der Waals surface area contributed by atoms with Crippen molar-refractivity contribution < 1.29 is 5.11 Å². The molecule has 0 spiro atoms. The second kappa shape index (κ2) is 7.16. The molecule has 1 aromatic carbocycles. The summed E-state index contributed by atoms with van der Waals surface area (Å²) in [6.07, 6.45) is 3.17. The van der Waals surface area contributed by atoms with Crippen molar-refractivity contribution in [1.29, 1.82) is 0 Å². The zero-order valence-electron chi connectivity index (χ0n) is 16.0. The average molecular weight is 377 g/mol. The number of aromatic nitrogens is 4. The first-order valence-electron chi connectivity index (χ1n) is 9.35. The number of β-amino-alcohol motifs (C(OH)–C–C–N with tert-alkyl or cyclic N) is 1. The Hall–Kier alpha value is -3.06. The van der Waals surface area contributed by atoms with E-state index in [2.05, 4.69) is 23.8 Å². The summed E-state index contributed by atoms with van der Waals surface area (Å²) in [5, 5.41) is 10.8. The molecule has 3 heterocycles. The number of benzene rings is 1. The highest BCUT2D eigenvalue weighted by molar-refractivity contribution is 5.56. The van der Waals surface area contributed by atoms with Gasteiger partial charge in [-0.2, -0.15) is 0 Å². The highest BCUT2D eigenvalue weighted by Crippen LogP contribution is 2.33. The van der Waals surface area contributed by atoms with Gasteiger partial charge in [0, 0.05) is 24.3 Å². The zero-order valence-corrected chi connectivity index (χ0v) is 16.0. The summed E-state index contributed by atoms with van der Waals surface area (Å²) in [5.41, 5.74) is 1.58. The predicted molar refractivity (Wildman–Crippen MR) is 107 cm³/mol. The van der Waals surface area contributed by atoms with Gasteiger partial charge in [-0.1, -0.05) is 30.3 Å². The lowest BCUT2D eigenvalue weighted by Crippen LogP contribution is -2.53. The summed E-state index contributed by atoms with van der Waals surface area (Å²) >= 11 is 0. The third kappa shape index (κ3) is 3.41. The molecule has 4 rings (SSSR count). The number of hydrogen-bond acceptors (Lipinski definition) is 6. The molecule has 1 unspecified atom stereocenters. The topological polar surface area (TPSA) is 84.1 Å². The van der Waals surface area contributed by atoms with E-state index in [1.165, 1.54) is 12.4 Å². The van der Waals surface area contributed by atoms with Crippen molar-refractivity contribution >= 4 is 5.95 Å². The maximum atomic E-state index is 12.8. The van der Waals surface area contributed by atoms with Crippen LogP contribution in [0.2, 0.25) is 0 Å². The Balaban J connectivity index is 1.77. The van der Waals surface area contributed by atoms with E-state index >= 15 is 0 Å². The van der Waals surface area contributed by atoms with Gasteiger partial charge in [-0.25, -0.2) is 15.0 Å². The van der Waals surface area contributed by atoms with Crippen molar-refractivity contribution in [2.45, 2.75) is 38.5 Å². The SMILES string of the molecule is CC1(C)CCn2c(nc(-c3ccncn3)cc2=O)N1CC(O)c1ccccc1. The molecule has 7 heteroatoms. The van der Waals surface area contributed by atoms with Crippen LogP contribution in [0.5, 0.6) is 0 Å². The maximum absolute atomic E-state index is 12.8. The van der Waals surface area contributed by atoms with Gasteiger partial charge in [0.25, 0.3) is 5.56 Å². The van der Waals surface area contributed by atoms with E-state index in [0.29, 0.717) is 30.4 Å². The van der Waals surface area contributed by atoms with Crippen LogP contribution in [0.15, 0.2) is 59.8 Å². The van der Waals surface area contributed by atoms with Gasteiger partial charge >= 0.3 is 0 Å². The van der Waals surface area contributed by atoms with Crippen LogP contribution < -0.4 is 10.5 Å². The molecule has 1 aliphatic heterocycles. The molecular formula is C21H23N5O2. The molecule has 2 aromatic heterocycles. The molecule has 1 atom stereocenters. The number of anilines is 1. The van der Waals surface area contributed by atoms with Crippen LogP contribution in [-0.4, -0.2) is 36.7 Å². The Morgan fingerprint density at radius 1 is 1.18 bits per heavy atom. The Kier molecular flexibility index (Phi) is 4.68. The van der Waals surface area contributed by atoms with Crippen LogP contribution >= 0.6 is 0 Å². The highest BCUT2D eigenvalue weighted by Gasteiger charge is 2.36. The second-order valence-electron chi connectivity index (χ2n) is 7.63. The van der Waals surface area contributed by atoms with E-state index in [9.17, 15) is 9.90 Å². The first-order valence-corrected chi connectivity index (χ1v) is 9.35. The molecule has 0 bridgehead atoms. The van der Waals surface area contributed by atoms with Crippen molar-refractivity contribution in [2.24, 2.45) is 0 Å². The first-order chi connectivity index (χ1) is 13.5. The third-order valence-electron chi connectivity index (χ3n) is 5.29. The molecule has 1 aliphatic rings. The van der Waals surface area contributed by atoms with E-state index < -0.39 is 6.10 Å². The number of hydrogen-bond donors (Lipinski definition) is 1. The first kappa shape index (κ1) is 18.3. The van der Waals surface area contributed by atoms with Crippen molar-refractivity contribution in [3.8, 4) is 11.4 Å². The van der Waals surface area contributed by atoms with E-state index in [0.717, 1.165) is 12.0 Å². The predicted octanol–water partition coefficient (Wildman–Crippen LogP) is 2.42. The summed E-state index contributed by atoms with van der Waals surface area (Å²) in [7, 11) is 0. The standard InChI is InChI=1S/C21H23N5O2/c1-21(2)9-11-25-19(28)12-17(16-8-10-22-14-23-16)24-20(25)26(21)13-18(27)15-6-4-3-5-7-15/h3-8,10,12,14,18,27H,9,11,13H2,1-2H3. The number of nitrogens with zero attached hydrogens (tertiary/aromatic N) is 5. The monoisotopic (exact) mass is 377 g/mol. The van der Waals surface area contributed by atoms with Gasteiger partial charge in [-0.15, -0.1) is 0 Å². The van der Waals surface area contributed by atoms with Gasteiger partial charge in [0.15, 0.2) is 0 Å². The lowest BCUT2D eigenvalue weighted by atomic mass is 9.95. The number of rotatable bonds is 4. The van der Waals surface area contributed by atoms with Gasteiger partial charge in [0.05, 0.1) is 24.0 Å². The van der Waals surface area contributed by atoms with Crippen molar-refractivity contribution in [3.63, 3.8) is 0 Å². The van der Waals surface area contributed by atoms with Gasteiger partial charge < -0.3 is 10.0 Å². The number of fused-ring (bicyclic) bond motifs is 1. The summed E-state index contributed by atoms with van der Waals surface area (Å²) in [6.45, 7) is 5.16. The van der Waals surface area contributed by atoms with Crippen LogP contribution in [-0.2, 0) is 6.54 Å². The molecule has 144 valence electrons. The van der Waals surface area contributed by atoms with Gasteiger partial charge in [-0.3, -0.25) is 9.36 Å². The minimum absolute atomic E-state index is 0.117. The Morgan fingerprint density at radius 3 is 2.68 bits per heavy atom. The van der Waals surface area contributed by atoms with Crippen LogP contribution in [0.1, 0.15) is 31.9 Å². The molecule has 3 aromatic rings. The highest BCUT2D eigenvalue weighted by atomic mass is 16.3. The second-order valence-corrected chi connectivity index (χ2v) is 7.63. The largest absolute Gasteiger partial charge is 0.387 e. The van der Waals surface area contributed by atoms with Gasteiger partial charge in [0.1, 0.15) is 6.33 Å². The Morgan fingerprint density at radius 2 is 1.96 bits per heavy atom. The molecule has 0 radical (unpaired) electrons. The molecule has 7 nitrogen and oxygen atoms in total. The lowest BCUT2D eigenvalue weighted by Gasteiger charge is -2.45. The number of aliphatic hydroxyl groups excluding tert-OH is 1. The molecular weight excluding hydrogens is 354 g/mol. The Labute approximate surface area is 163 Å². The van der Waals surface area contributed by atoms with Crippen molar-refractivity contribution in [1.82, 2.24) is 19.5 Å². The van der Waals surface area contributed by atoms with Crippen molar-refractivity contribution in [2.75, 3.05) is 11.4 Å². The van der Waals surface area contributed by atoms with Crippen LogP contribution in [0.25, 0.3) is 11.4 Å². The van der Waals surface area contributed by atoms with E-state index in [-0.39, 0.29) is 11.1 Å². The van der Waals surface area contributed by atoms with Crippen LogP contribution in [0.3, 0.4) is 0 Å². The fourth-order valence-corrected chi connectivity index (χ4v) is 3.56. The van der Waals surface area contributed by atoms with Crippen LogP contribution in [0.4, 0.5) is 5.95 Å². The fraction of sp³-hybridized carbons (Fsp3) is 0.333. The minimum Gasteiger partial charge on any atom is -0.387 e. The molecule has 28 heavy (non-hydrogen) atoms. The van der Waals surface area contributed by atoms with Gasteiger partial charge in [0.2, 0.25) is 5.95 Å². The molecule has 0 fully saturated rings. The quantitative estimate of drug-likeness (QED) is 0.752. The molecule has 0 saturated carbocycles. The van der Waals surface area contributed by atoms with Gasteiger partial charge in [-0.05, 0) is 31.9 Å². The van der Waals surface area contributed by atoms with E-state index in [1.54, 1.807) is 16.8 Å². The average Bonchev–Trinajstić information content (AvgIpc) is 2.71. The molecule has 0 aliphatic carbocycles. The summed E-state index contributed by atoms with van der Waals surface area (Å²) in [6, 6.07) is 12.8. The Bertz CT molecular complexity index is 1020. The maximum Gasteiger partial charge on any atom is 0.255 e.